The quantitative estimate of drug-likeness (QED) is 0.551. The van der Waals surface area contributed by atoms with Crippen LogP contribution in [0.2, 0.25) is 0 Å². The van der Waals surface area contributed by atoms with Gasteiger partial charge in [-0.3, -0.25) is 0 Å². The summed E-state index contributed by atoms with van der Waals surface area (Å²) in [6.07, 6.45) is 7.50. The molecule has 6 atom stereocenters. The molecule has 0 aromatic rings. The molecule has 0 aromatic heterocycles. The Balaban J connectivity index is 2.45. The van der Waals surface area contributed by atoms with Gasteiger partial charge in [0.1, 0.15) is 0 Å². The number of rotatable bonds is 3. The molecule has 0 bridgehead atoms. The van der Waals surface area contributed by atoms with E-state index in [-0.39, 0.29) is 5.41 Å². The first kappa shape index (κ1) is 15.6. The molecule has 2 rings (SSSR count). The van der Waals surface area contributed by atoms with Gasteiger partial charge in [0.25, 0.3) is 0 Å². The van der Waals surface area contributed by atoms with E-state index in [1.807, 2.05) is 0 Å². The number of hydrogen-bond donors (Lipinski definition) is 0. The van der Waals surface area contributed by atoms with Gasteiger partial charge >= 0.3 is 0 Å². The predicted molar refractivity (Wildman–Crippen MR) is 89.5 cm³/mol. The summed E-state index contributed by atoms with van der Waals surface area (Å²) >= 11 is 0. The summed E-state index contributed by atoms with van der Waals surface area (Å²) in [6.45, 7) is 22.1. The molecule has 0 saturated heterocycles. The van der Waals surface area contributed by atoms with Crippen molar-refractivity contribution in [3.05, 3.63) is 37.0 Å². The lowest BCUT2D eigenvalue weighted by atomic mass is 9.49. The van der Waals surface area contributed by atoms with Crippen LogP contribution in [-0.4, -0.2) is 0 Å². The summed E-state index contributed by atoms with van der Waals surface area (Å²) in [4.78, 5) is 0. The average molecular weight is 272 g/mol. The van der Waals surface area contributed by atoms with Gasteiger partial charge in [0.2, 0.25) is 0 Å². The van der Waals surface area contributed by atoms with Gasteiger partial charge in [0.05, 0.1) is 0 Å². The Morgan fingerprint density at radius 3 is 2.25 bits per heavy atom. The Morgan fingerprint density at radius 2 is 1.75 bits per heavy atom. The van der Waals surface area contributed by atoms with E-state index >= 15 is 0 Å². The highest BCUT2D eigenvalue weighted by Crippen LogP contribution is 2.58. The molecule has 0 spiro atoms. The molecule has 2 fully saturated rings. The van der Waals surface area contributed by atoms with E-state index in [0.717, 1.165) is 17.8 Å². The molecule has 2 aliphatic carbocycles. The van der Waals surface area contributed by atoms with Gasteiger partial charge in [0, 0.05) is 0 Å². The largest absolute Gasteiger partial charge is 0.103 e. The third-order valence-electron chi connectivity index (χ3n) is 6.36. The van der Waals surface area contributed by atoms with E-state index < -0.39 is 0 Å². The van der Waals surface area contributed by atoms with Crippen molar-refractivity contribution >= 4 is 0 Å². The van der Waals surface area contributed by atoms with Crippen LogP contribution in [-0.2, 0) is 0 Å². The third-order valence-corrected chi connectivity index (χ3v) is 6.36. The molecule has 20 heavy (non-hydrogen) atoms. The zero-order valence-corrected chi connectivity index (χ0v) is 13.9. The molecule has 0 radical (unpaired) electrons. The molecule has 0 nitrogen and oxygen atoms in total. The summed E-state index contributed by atoms with van der Waals surface area (Å²) in [6, 6.07) is 0. The second-order valence-electron chi connectivity index (χ2n) is 7.82. The minimum Gasteiger partial charge on any atom is -0.103 e. The molecule has 0 aromatic carbocycles. The van der Waals surface area contributed by atoms with E-state index in [4.69, 9.17) is 0 Å². The van der Waals surface area contributed by atoms with Gasteiger partial charge in [-0.1, -0.05) is 44.2 Å². The van der Waals surface area contributed by atoms with Crippen molar-refractivity contribution in [3.8, 4) is 0 Å². The molecule has 2 aliphatic rings. The molecule has 112 valence electrons. The zero-order chi connectivity index (χ0) is 15.1. The molecule has 0 amide bonds. The fraction of sp³-hybridized carbons (Fsp3) is 0.700. The highest BCUT2D eigenvalue weighted by Gasteiger charge is 2.51. The monoisotopic (exact) mass is 272 g/mol. The van der Waals surface area contributed by atoms with Crippen molar-refractivity contribution in [1.29, 1.82) is 0 Å². The Morgan fingerprint density at radius 1 is 1.10 bits per heavy atom. The fourth-order valence-corrected chi connectivity index (χ4v) is 5.25. The lowest BCUT2D eigenvalue weighted by molar-refractivity contribution is -0.0137. The van der Waals surface area contributed by atoms with Crippen molar-refractivity contribution in [3.63, 3.8) is 0 Å². The first-order valence-electron chi connectivity index (χ1n) is 8.26. The van der Waals surface area contributed by atoms with E-state index in [1.165, 1.54) is 36.8 Å². The van der Waals surface area contributed by atoms with Crippen LogP contribution in [0.4, 0.5) is 0 Å². The Labute approximate surface area is 126 Å². The van der Waals surface area contributed by atoms with Crippen LogP contribution in [0.3, 0.4) is 0 Å². The first-order valence-corrected chi connectivity index (χ1v) is 8.26. The topological polar surface area (TPSA) is 0 Å². The smallest absolute Gasteiger partial charge is 0.00809 e. The molecular formula is C20H32. The lowest BCUT2D eigenvalue weighted by Gasteiger charge is -2.56. The van der Waals surface area contributed by atoms with Crippen molar-refractivity contribution in [2.45, 2.75) is 53.4 Å². The van der Waals surface area contributed by atoms with Crippen LogP contribution >= 0.6 is 0 Å². The van der Waals surface area contributed by atoms with Crippen LogP contribution in [0.1, 0.15) is 53.4 Å². The highest BCUT2D eigenvalue weighted by atomic mass is 14.5. The van der Waals surface area contributed by atoms with Crippen molar-refractivity contribution < 1.29 is 0 Å². The van der Waals surface area contributed by atoms with Gasteiger partial charge in [-0.2, -0.15) is 0 Å². The Hall–Kier alpha value is -0.780. The second-order valence-corrected chi connectivity index (χ2v) is 7.82. The fourth-order valence-electron chi connectivity index (χ4n) is 5.25. The van der Waals surface area contributed by atoms with Crippen molar-refractivity contribution in [2.75, 3.05) is 0 Å². The molecular weight excluding hydrogens is 240 g/mol. The maximum atomic E-state index is 4.35. The van der Waals surface area contributed by atoms with E-state index in [2.05, 4.69) is 53.5 Å². The predicted octanol–water partition coefficient (Wildman–Crippen LogP) is 6.02. The molecule has 0 unspecified atom stereocenters. The van der Waals surface area contributed by atoms with Crippen molar-refractivity contribution in [1.82, 2.24) is 0 Å². The molecule has 0 heteroatoms. The van der Waals surface area contributed by atoms with Gasteiger partial charge < -0.3 is 0 Å². The van der Waals surface area contributed by atoms with Crippen LogP contribution < -0.4 is 0 Å². The SMILES string of the molecule is C=C[C@@]1(C)CC[C@H]2[C@@H]([C@H](C(=C)C)CC[C@@H]2C)[C@@H]1C(=C)C. The van der Waals surface area contributed by atoms with Crippen LogP contribution in [0.15, 0.2) is 37.0 Å². The number of hydrogen-bond acceptors (Lipinski definition) is 0. The molecule has 0 heterocycles. The van der Waals surface area contributed by atoms with E-state index in [0.29, 0.717) is 11.8 Å². The van der Waals surface area contributed by atoms with E-state index in [1.54, 1.807) is 0 Å². The van der Waals surface area contributed by atoms with Crippen LogP contribution in [0, 0.1) is 35.0 Å². The summed E-state index contributed by atoms with van der Waals surface area (Å²) < 4.78 is 0. The van der Waals surface area contributed by atoms with Crippen LogP contribution in [0.25, 0.3) is 0 Å². The van der Waals surface area contributed by atoms with Gasteiger partial charge in [0.15, 0.2) is 0 Å². The van der Waals surface area contributed by atoms with E-state index in [9.17, 15) is 0 Å². The second kappa shape index (κ2) is 5.54. The summed E-state index contributed by atoms with van der Waals surface area (Å²) in [5.41, 5.74) is 2.95. The average Bonchev–Trinajstić information content (AvgIpc) is 2.37. The molecule has 2 saturated carbocycles. The molecule has 0 N–H and O–H groups in total. The number of allylic oxidation sites excluding steroid dienone is 3. The van der Waals surface area contributed by atoms with Crippen LogP contribution in [0.5, 0.6) is 0 Å². The zero-order valence-electron chi connectivity index (χ0n) is 13.9. The maximum absolute atomic E-state index is 4.35. The summed E-state index contributed by atoms with van der Waals surface area (Å²) in [5.74, 6) is 3.68. The minimum absolute atomic E-state index is 0.220. The normalized spacial score (nSPS) is 44.5. The first-order chi connectivity index (χ1) is 9.31. The lowest BCUT2D eigenvalue weighted by Crippen LogP contribution is -2.48. The Bertz CT molecular complexity index is 416. The van der Waals surface area contributed by atoms with Gasteiger partial charge in [-0.05, 0) is 74.5 Å². The number of fused-ring (bicyclic) bond motifs is 1. The standard InChI is InChI=1S/C20H32/c1-8-20(7)12-11-17-15(6)9-10-16(13(2)3)18(17)19(20)14(4)5/h8,15-19H,1-2,4,9-12H2,3,5-7H3/t15-,16-,17+,18+,19-,20-/m0/s1. The third kappa shape index (κ3) is 2.43. The summed E-state index contributed by atoms with van der Waals surface area (Å²) in [5, 5.41) is 0. The van der Waals surface area contributed by atoms with Gasteiger partial charge in [-0.25, -0.2) is 0 Å². The van der Waals surface area contributed by atoms with Crippen molar-refractivity contribution in [2.24, 2.45) is 35.0 Å². The minimum atomic E-state index is 0.220. The summed E-state index contributed by atoms with van der Waals surface area (Å²) in [7, 11) is 0. The molecule has 0 aliphatic heterocycles. The maximum Gasteiger partial charge on any atom is -0.00809 e. The van der Waals surface area contributed by atoms with Gasteiger partial charge in [-0.15, -0.1) is 6.58 Å². The highest BCUT2D eigenvalue weighted by molar-refractivity contribution is 5.19. The Kier molecular flexibility index (Phi) is 4.33.